The summed E-state index contributed by atoms with van der Waals surface area (Å²) in [6.07, 6.45) is 5.94. The Balaban J connectivity index is 2.03. The van der Waals surface area contributed by atoms with Gasteiger partial charge in [0.25, 0.3) is 0 Å². The zero-order chi connectivity index (χ0) is 20.9. The highest BCUT2D eigenvalue weighted by molar-refractivity contribution is 6.32. The maximum absolute atomic E-state index is 6.23. The number of unbranched alkanes of at least 4 members (excludes halogenated alkanes) is 1. The Morgan fingerprint density at radius 3 is 2.59 bits per heavy atom. The van der Waals surface area contributed by atoms with Crippen LogP contribution in [0, 0.1) is 0 Å². The van der Waals surface area contributed by atoms with Gasteiger partial charge in [-0.2, -0.15) is 0 Å². The van der Waals surface area contributed by atoms with E-state index in [1.54, 1.807) is 19.5 Å². The number of aromatic nitrogens is 3. The molecule has 0 aliphatic carbocycles. The molecule has 2 aromatic heterocycles. The van der Waals surface area contributed by atoms with Crippen LogP contribution in [0.2, 0.25) is 5.02 Å². The summed E-state index contributed by atoms with van der Waals surface area (Å²) in [5.74, 6) is 1.58. The monoisotopic (exact) mass is 412 g/mol. The zero-order valence-corrected chi connectivity index (χ0v) is 18.3. The lowest BCUT2D eigenvalue weighted by molar-refractivity contribution is 0.415. The fraction of sp³-hybridized carbons (Fsp3) is 0.391. The van der Waals surface area contributed by atoms with E-state index in [-0.39, 0.29) is 5.41 Å². The van der Waals surface area contributed by atoms with Gasteiger partial charge in [-0.05, 0) is 37.2 Å². The second-order valence-electron chi connectivity index (χ2n) is 7.81. The fourth-order valence-corrected chi connectivity index (χ4v) is 3.42. The van der Waals surface area contributed by atoms with Crippen LogP contribution in [0.15, 0.2) is 42.7 Å². The summed E-state index contributed by atoms with van der Waals surface area (Å²) in [6, 6.07) is 9.72. The molecule has 29 heavy (non-hydrogen) atoms. The molecule has 6 heteroatoms. The predicted molar refractivity (Wildman–Crippen MR) is 120 cm³/mol. The Morgan fingerprint density at radius 2 is 1.90 bits per heavy atom. The number of imidazole rings is 1. The first-order valence-corrected chi connectivity index (χ1v) is 10.4. The highest BCUT2D eigenvalue weighted by atomic mass is 35.5. The third kappa shape index (κ3) is 4.98. The zero-order valence-electron chi connectivity index (χ0n) is 17.6. The molecule has 2 N–H and O–H groups in total. The maximum Gasteiger partial charge on any atom is 0.138 e. The molecular weight excluding hydrogens is 384 g/mol. The van der Waals surface area contributed by atoms with Crippen LogP contribution in [0.5, 0.6) is 5.75 Å². The highest BCUT2D eigenvalue weighted by Gasteiger charge is 2.27. The van der Waals surface area contributed by atoms with Crippen molar-refractivity contribution >= 4 is 11.6 Å². The molecule has 3 rings (SSSR count). The molecule has 0 aliphatic heterocycles. The molecule has 3 aromatic rings. The summed E-state index contributed by atoms with van der Waals surface area (Å²) in [4.78, 5) is 12.7. The number of benzene rings is 1. The lowest BCUT2D eigenvalue weighted by Crippen LogP contribution is -2.34. The van der Waals surface area contributed by atoms with Gasteiger partial charge in [-0.15, -0.1) is 0 Å². The number of aromatic amines is 1. The fourth-order valence-electron chi connectivity index (χ4n) is 3.22. The van der Waals surface area contributed by atoms with Crippen molar-refractivity contribution in [3.05, 3.63) is 53.6 Å². The molecule has 1 aromatic carbocycles. The third-order valence-corrected chi connectivity index (χ3v) is 5.32. The van der Waals surface area contributed by atoms with Gasteiger partial charge in [0.1, 0.15) is 11.6 Å². The molecule has 0 aliphatic rings. The van der Waals surface area contributed by atoms with Crippen LogP contribution in [-0.2, 0) is 5.41 Å². The van der Waals surface area contributed by atoms with Crippen LogP contribution in [0.1, 0.15) is 39.4 Å². The summed E-state index contributed by atoms with van der Waals surface area (Å²) in [6.45, 7) is 8.46. The van der Waals surface area contributed by atoms with Crippen LogP contribution in [0.3, 0.4) is 0 Å². The van der Waals surface area contributed by atoms with Crippen molar-refractivity contribution in [2.45, 2.75) is 39.0 Å². The minimum absolute atomic E-state index is 0.149. The van der Waals surface area contributed by atoms with Crippen LogP contribution in [0.4, 0.5) is 0 Å². The molecule has 0 saturated heterocycles. The molecule has 154 valence electrons. The summed E-state index contributed by atoms with van der Waals surface area (Å²) in [7, 11) is 1.62. The topological polar surface area (TPSA) is 62.8 Å². The summed E-state index contributed by atoms with van der Waals surface area (Å²) < 4.78 is 5.41. The SMILES string of the molecule is CCCCNCC(C)(C)c1nc(-c2ccc(Cl)c(OC)c2)c(-c2ccncc2)[nH]1. The number of nitrogens with zero attached hydrogens (tertiary/aromatic N) is 2. The number of H-pyrrole nitrogens is 1. The first kappa shape index (κ1) is 21.3. The third-order valence-electron chi connectivity index (χ3n) is 5.01. The standard InChI is InChI=1S/C23H29ClN4O/c1-5-6-11-26-15-23(2,3)22-27-20(16-9-12-25-13-10-16)21(28-22)17-7-8-18(24)19(14-17)29-4/h7-10,12-14,26H,5-6,11,15H2,1-4H3,(H,27,28). The average Bonchev–Trinajstić information content (AvgIpc) is 3.19. The van der Waals surface area contributed by atoms with E-state index >= 15 is 0 Å². The van der Waals surface area contributed by atoms with Gasteiger partial charge in [-0.25, -0.2) is 4.98 Å². The lowest BCUT2D eigenvalue weighted by atomic mass is 9.92. The van der Waals surface area contributed by atoms with Crippen LogP contribution >= 0.6 is 11.6 Å². The Labute approximate surface area is 177 Å². The molecule has 0 spiro atoms. The number of pyridine rings is 1. The minimum Gasteiger partial charge on any atom is -0.495 e. The van der Waals surface area contributed by atoms with E-state index < -0.39 is 0 Å². The molecule has 0 fully saturated rings. The second-order valence-corrected chi connectivity index (χ2v) is 8.22. The Morgan fingerprint density at radius 1 is 1.14 bits per heavy atom. The smallest absolute Gasteiger partial charge is 0.138 e. The normalized spacial score (nSPS) is 11.6. The molecule has 0 unspecified atom stereocenters. The molecule has 0 radical (unpaired) electrons. The van der Waals surface area contributed by atoms with Crippen molar-refractivity contribution in [3.8, 4) is 28.3 Å². The molecule has 2 heterocycles. The van der Waals surface area contributed by atoms with Crippen LogP contribution < -0.4 is 10.1 Å². The number of ether oxygens (including phenoxy) is 1. The van der Waals surface area contributed by atoms with Gasteiger partial charge < -0.3 is 15.0 Å². The maximum atomic E-state index is 6.23. The van der Waals surface area contributed by atoms with Crippen molar-refractivity contribution in [1.29, 1.82) is 0 Å². The van der Waals surface area contributed by atoms with Crippen molar-refractivity contribution < 1.29 is 4.74 Å². The van der Waals surface area contributed by atoms with E-state index in [1.807, 2.05) is 30.3 Å². The Bertz CT molecular complexity index is 937. The molecule has 0 amide bonds. The highest BCUT2D eigenvalue weighted by Crippen LogP contribution is 2.36. The Hall–Kier alpha value is -2.37. The largest absolute Gasteiger partial charge is 0.495 e. The van der Waals surface area contributed by atoms with Crippen LogP contribution in [0.25, 0.3) is 22.5 Å². The molecule has 5 nitrogen and oxygen atoms in total. The van der Waals surface area contributed by atoms with Gasteiger partial charge in [0.2, 0.25) is 0 Å². The number of rotatable bonds is 9. The minimum atomic E-state index is -0.149. The van der Waals surface area contributed by atoms with Gasteiger partial charge in [-0.1, -0.05) is 44.9 Å². The number of methoxy groups -OCH3 is 1. The van der Waals surface area contributed by atoms with Crippen molar-refractivity contribution in [3.63, 3.8) is 0 Å². The number of hydrogen-bond donors (Lipinski definition) is 2. The first-order valence-electron chi connectivity index (χ1n) is 10.0. The van der Waals surface area contributed by atoms with E-state index in [0.717, 1.165) is 41.4 Å². The summed E-state index contributed by atoms with van der Waals surface area (Å²) in [5, 5.41) is 4.13. The van der Waals surface area contributed by atoms with E-state index in [4.69, 9.17) is 21.3 Å². The summed E-state index contributed by atoms with van der Waals surface area (Å²) in [5.41, 5.74) is 3.69. The molecule has 0 atom stereocenters. The van der Waals surface area contributed by atoms with Crippen molar-refractivity contribution in [2.24, 2.45) is 0 Å². The molecule has 0 bridgehead atoms. The number of hydrogen-bond acceptors (Lipinski definition) is 4. The predicted octanol–water partition coefficient (Wildman–Crippen LogP) is 5.47. The second kappa shape index (κ2) is 9.42. The van der Waals surface area contributed by atoms with Gasteiger partial charge in [0.15, 0.2) is 0 Å². The van der Waals surface area contributed by atoms with Gasteiger partial charge in [0, 0.05) is 35.5 Å². The van der Waals surface area contributed by atoms with Gasteiger partial charge in [-0.3, -0.25) is 4.98 Å². The summed E-state index contributed by atoms with van der Waals surface area (Å²) >= 11 is 6.23. The Kier molecular flexibility index (Phi) is 6.93. The lowest BCUT2D eigenvalue weighted by Gasteiger charge is -2.22. The molecule has 0 saturated carbocycles. The van der Waals surface area contributed by atoms with Crippen LogP contribution in [-0.4, -0.2) is 35.2 Å². The van der Waals surface area contributed by atoms with Gasteiger partial charge >= 0.3 is 0 Å². The van der Waals surface area contributed by atoms with E-state index in [9.17, 15) is 0 Å². The average molecular weight is 413 g/mol. The van der Waals surface area contributed by atoms with Crippen molar-refractivity contribution in [1.82, 2.24) is 20.3 Å². The van der Waals surface area contributed by atoms with E-state index in [1.165, 1.54) is 12.8 Å². The number of halogens is 1. The van der Waals surface area contributed by atoms with E-state index in [2.05, 4.69) is 36.1 Å². The quantitative estimate of drug-likeness (QED) is 0.457. The first-order chi connectivity index (χ1) is 14.0. The van der Waals surface area contributed by atoms with E-state index in [0.29, 0.717) is 10.8 Å². The van der Waals surface area contributed by atoms with Gasteiger partial charge in [0.05, 0.1) is 23.5 Å². The van der Waals surface area contributed by atoms with Crippen molar-refractivity contribution in [2.75, 3.05) is 20.2 Å². The number of nitrogens with one attached hydrogen (secondary N) is 2. The molecular formula is C23H29ClN4O.